The molecule has 0 aromatic heterocycles. The molecule has 1 aromatic rings. The van der Waals surface area contributed by atoms with Gasteiger partial charge in [0.2, 0.25) is 0 Å². The molecule has 3 aliphatic carbocycles. The van der Waals surface area contributed by atoms with E-state index in [9.17, 15) is 0 Å². The van der Waals surface area contributed by atoms with Gasteiger partial charge in [-0.15, -0.1) is 0 Å². The Labute approximate surface area is 223 Å². The second-order valence-electron chi connectivity index (χ2n) is 12.8. The summed E-state index contributed by atoms with van der Waals surface area (Å²) in [6, 6.07) is 8.92. The summed E-state index contributed by atoms with van der Waals surface area (Å²) in [6.07, 6.45) is 25.6. The third-order valence-corrected chi connectivity index (χ3v) is 10.2. The molecule has 3 aliphatic rings. The van der Waals surface area contributed by atoms with Crippen molar-refractivity contribution in [1.82, 2.24) is 0 Å². The fourth-order valence-corrected chi connectivity index (χ4v) is 7.81. The largest absolute Gasteiger partial charge is 0.468 e. The standard InChI is InChI=1S/C34H56O2/c1-3-5-6-8-28-11-17-31(18-12-28)33-21-23-34(24-22-33)36-26-35-25-29-13-19-32(20-14-29)30-15-9-27(7-4-2)10-16-30/h21-24,27-32H,3-20,25-26H2,1-2H3. The summed E-state index contributed by atoms with van der Waals surface area (Å²) in [5.74, 6) is 6.47. The molecule has 4 rings (SSSR count). The minimum Gasteiger partial charge on any atom is -0.468 e. The number of ether oxygens (including phenoxy) is 2. The van der Waals surface area contributed by atoms with Gasteiger partial charge in [0.05, 0.1) is 6.61 Å². The van der Waals surface area contributed by atoms with E-state index in [0.29, 0.717) is 6.79 Å². The van der Waals surface area contributed by atoms with Crippen LogP contribution in [0.2, 0.25) is 0 Å². The zero-order chi connectivity index (χ0) is 25.0. The van der Waals surface area contributed by atoms with Crippen LogP contribution in [0.5, 0.6) is 5.75 Å². The average Bonchev–Trinajstić information content (AvgIpc) is 2.93. The zero-order valence-corrected chi connectivity index (χ0v) is 23.7. The number of hydrogen-bond acceptors (Lipinski definition) is 2. The predicted molar refractivity (Wildman–Crippen MR) is 153 cm³/mol. The maximum atomic E-state index is 5.98. The van der Waals surface area contributed by atoms with Gasteiger partial charge < -0.3 is 9.47 Å². The van der Waals surface area contributed by atoms with Crippen molar-refractivity contribution in [2.75, 3.05) is 13.4 Å². The van der Waals surface area contributed by atoms with E-state index in [1.54, 1.807) is 0 Å². The van der Waals surface area contributed by atoms with Crippen LogP contribution in [0.1, 0.15) is 141 Å². The van der Waals surface area contributed by atoms with Crippen LogP contribution in [0.15, 0.2) is 24.3 Å². The molecule has 0 N–H and O–H groups in total. The van der Waals surface area contributed by atoms with Crippen LogP contribution < -0.4 is 4.74 Å². The molecule has 204 valence electrons. The highest BCUT2D eigenvalue weighted by molar-refractivity contribution is 5.29. The highest BCUT2D eigenvalue weighted by Crippen LogP contribution is 2.42. The number of unbranched alkanes of at least 4 members (excludes halogenated alkanes) is 2. The lowest BCUT2D eigenvalue weighted by Crippen LogP contribution is -2.27. The second-order valence-corrected chi connectivity index (χ2v) is 12.8. The maximum Gasteiger partial charge on any atom is 0.189 e. The molecular formula is C34H56O2. The Balaban J connectivity index is 1.06. The first-order chi connectivity index (χ1) is 17.7. The van der Waals surface area contributed by atoms with Crippen LogP contribution in [0.25, 0.3) is 0 Å². The van der Waals surface area contributed by atoms with E-state index >= 15 is 0 Å². The first-order valence-corrected chi connectivity index (χ1v) is 16.1. The predicted octanol–water partition coefficient (Wildman–Crippen LogP) is 10.3. The number of rotatable bonds is 13. The van der Waals surface area contributed by atoms with Crippen molar-refractivity contribution >= 4 is 0 Å². The van der Waals surface area contributed by atoms with Gasteiger partial charge in [-0.2, -0.15) is 0 Å². The minimum absolute atomic E-state index is 0.392. The topological polar surface area (TPSA) is 18.5 Å². The van der Waals surface area contributed by atoms with Gasteiger partial charge in [-0.05, 0) is 117 Å². The van der Waals surface area contributed by atoms with Crippen LogP contribution in [-0.2, 0) is 4.74 Å². The molecule has 3 saturated carbocycles. The van der Waals surface area contributed by atoms with Crippen molar-refractivity contribution < 1.29 is 9.47 Å². The van der Waals surface area contributed by atoms with Crippen molar-refractivity contribution in [3.63, 3.8) is 0 Å². The summed E-state index contributed by atoms with van der Waals surface area (Å²) < 4.78 is 11.9. The van der Waals surface area contributed by atoms with E-state index < -0.39 is 0 Å². The molecule has 0 saturated heterocycles. The van der Waals surface area contributed by atoms with Crippen LogP contribution >= 0.6 is 0 Å². The van der Waals surface area contributed by atoms with Crippen molar-refractivity contribution in [1.29, 1.82) is 0 Å². The third kappa shape index (κ3) is 8.78. The number of hydrogen-bond donors (Lipinski definition) is 0. The fraction of sp³-hybridized carbons (Fsp3) is 0.824. The van der Waals surface area contributed by atoms with Crippen LogP contribution in [0.3, 0.4) is 0 Å². The molecule has 0 heterocycles. The fourth-order valence-electron chi connectivity index (χ4n) is 7.81. The van der Waals surface area contributed by atoms with E-state index in [2.05, 4.69) is 38.1 Å². The Hall–Kier alpha value is -1.02. The van der Waals surface area contributed by atoms with Crippen molar-refractivity contribution in [3.05, 3.63) is 29.8 Å². The minimum atomic E-state index is 0.392. The first kappa shape index (κ1) is 28.0. The second kappa shape index (κ2) is 15.4. The van der Waals surface area contributed by atoms with Crippen LogP contribution in [-0.4, -0.2) is 13.4 Å². The van der Waals surface area contributed by atoms with Gasteiger partial charge in [0.25, 0.3) is 0 Å². The Morgan fingerprint density at radius 3 is 1.81 bits per heavy atom. The van der Waals surface area contributed by atoms with Crippen LogP contribution in [0, 0.1) is 29.6 Å². The molecule has 0 radical (unpaired) electrons. The van der Waals surface area contributed by atoms with Crippen molar-refractivity contribution in [3.8, 4) is 5.75 Å². The molecule has 3 fully saturated rings. The van der Waals surface area contributed by atoms with Gasteiger partial charge in [-0.25, -0.2) is 0 Å². The van der Waals surface area contributed by atoms with E-state index in [0.717, 1.165) is 47.9 Å². The van der Waals surface area contributed by atoms with Gasteiger partial charge in [0, 0.05) is 0 Å². The molecule has 0 unspecified atom stereocenters. The highest BCUT2D eigenvalue weighted by Gasteiger charge is 2.30. The lowest BCUT2D eigenvalue weighted by molar-refractivity contribution is -0.0131. The van der Waals surface area contributed by atoms with E-state index in [1.165, 1.54) is 121 Å². The maximum absolute atomic E-state index is 5.98. The Bertz CT molecular complexity index is 688. The van der Waals surface area contributed by atoms with Crippen molar-refractivity contribution in [2.45, 2.75) is 135 Å². The van der Waals surface area contributed by atoms with E-state index in [1.807, 2.05) is 0 Å². The summed E-state index contributed by atoms with van der Waals surface area (Å²) in [7, 11) is 0. The molecule has 0 atom stereocenters. The smallest absolute Gasteiger partial charge is 0.189 e. The molecule has 0 aliphatic heterocycles. The van der Waals surface area contributed by atoms with Gasteiger partial charge in [0.1, 0.15) is 5.75 Å². The van der Waals surface area contributed by atoms with Gasteiger partial charge >= 0.3 is 0 Å². The van der Waals surface area contributed by atoms with Gasteiger partial charge in [-0.1, -0.05) is 77.3 Å². The third-order valence-electron chi connectivity index (χ3n) is 10.2. The van der Waals surface area contributed by atoms with Gasteiger partial charge in [0.15, 0.2) is 6.79 Å². The lowest BCUT2D eigenvalue weighted by Gasteiger charge is -2.37. The Kier molecular flexibility index (Phi) is 12.0. The summed E-state index contributed by atoms with van der Waals surface area (Å²) >= 11 is 0. The first-order valence-electron chi connectivity index (χ1n) is 16.1. The normalized spacial score (nSPS) is 31.3. The molecule has 0 amide bonds. The molecule has 2 heteroatoms. The average molecular weight is 497 g/mol. The monoisotopic (exact) mass is 496 g/mol. The van der Waals surface area contributed by atoms with E-state index in [-0.39, 0.29) is 0 Å². The summed E-state index contributed by atoms with van der Waals surface area (Å²) in [5.41, 5.74) is 1.51. The molecular weight excluding hydrogens is 440 g/mol. The summed E-state index contributed by atoms with van der Waals surface area (Å²) in [4.78, 5) is 0. The molecule has 1 aromatic carbocycles. The van der Waals surface area contributed by atoms with Gasteiger partial charge in [-0.3, -0.25) is 0 Å². The Morgan fingerprint density at radius 1 is 0.611 bits per heavy atom. The Morgan fingerprint density at radius 2 is 1.19 bits per heavy atom. The molecule has 0 bridgehead atoms. The lowest BCUT2D eigenvalue weighted by atomic mass is 9.69. The molecule has 36 heavy (non-hydrogen) atoms. The quantitative estimate of drug-likeness (QED) is 0.200. The van der Waals surface area contributed by atoms with Crippen LogP contribution in [0.4, 0.5) is 0 Å². The van der Waals surface area contributed by atoms with E-state index in [4.69, 9.17) is 9.47 Å². The SMILES string of the molecule is CCCCCC1CCC(c2ccc(OCOCC3CCC(C4CCC(CCC)CC4)CC3)cc2)CC1. The molecule has 2 nitrogen and oxygen atoms in total. The van der Waals surface area contributed by atoms with Crippen molar-refractivity contribution in [2.24, 2.45) is 29.6 Å². The summed E-state index contributed by atoms with van der Waals surface area (Å²) in [6.45, 7) is 5.91. The zero-order valence-electron chi connectivity index (χ0n) is 23.7. The summed E-state index contributed by atoms with van der Waals surface area (Å²) in [5, 5.41) is 0. The molecule has 0 spiro atoms. The number of benzene rings is 1. The highest BCUT2D eigenvalue weighted by atomic mass is 16.7.